The van der Waals surface area contributed by atoms with Crippen molar-refractivity contribution in [2.45, 2.75) is 38.8 Å². The normalized spacial score (nSPS) is 17.3. The van der Waals surface area contributed by atoms with Gasteiger partial charge in [0.25, 0.3) is 10.0 Å². The smallest absolute Gasteiger partial charge is 0.262 e. The number of aromatic nitrogens is 3. The topological polar surface area (TPSA) is 107 Å². The van der Waals surface area contributed by atoms with Crippen molar-refractivity contribution in [3.63, 3.8) is 0 Å². The number of hydrogen-bond acceptors (Lipinski definition) is 7. The van der Waals surface area contributed by atoms with Gasteiger partial charge in [0.05, 0.1) is 0 Å². The molecule has 9 nitrogen and oxygen atoms in total. The van der Waals surface area contributed by atoms with Crippen LogP contribution in [0.4, 0.5) is 15.8 Å². The van der Waals surface area contributed by atoms with E-state index in [1.54, 1.807) is 26.1 Å². The third kappa shape index (κ3) is 5.58. The molecule has 1 saturated heterocycles. The molecule has 1 aromatic heterocycles. The van der Waals surface area contributed by atoms with E-state index in [0.717, 1.165) is 23.4 Å². The minimum absolute atomic E-state index is 0.110. The number of rotatable bonds is 8. The van der Waals surface area contributed by atoms with E-state index in [9.17, 15) is 12.8 Å². The van der Waals surface area contributed by atoms with Gasteiger partial charge in [-0.15, -0.1) is 5.10 Å². The van der Waals surface area contributed by atoms with Crippen molar-refractivity contribution >= 4 is 27.6 Å². The van der Waals surface area contributed by atoms with Gasteiger partial charge in [0.15, 0.2) is 5.03 Å². The average molecular weight is 528 g/mol. The summed E-state index contributed by atoms with van der Waals surface area (Å²) in [6.45, 7) is 10.0. The van der Waals surface area contributed by atoms with Crippen LogP contribution in [0, 0.1) is 31.0 Å². The Morgan fingerprint density at radius 3 is 2.49 bits per heavy atom. The Kier molecular flexibility index (Phi) is 7.77. The maximum absolute atomic E-state index is 13.6. The number of benzene rings is 2. The highest BCUT2D eigenvalue weighted by Crippen LogP contribution is 2.34. The van der Waals surface area contributed by atoms with Crippen LogP contribution in [0.15, 0.2) is 41.4 Å². The zero-order valence-electron chi connectivity index (χ0n) is 21.9. The Balaban J connectivity index is 1.71. The first-order chi connectivity index (χ1) is 17.5. The van der Waals surface area contributed by atoms with Crippen molar-refractivity contribution in [1.29, 1.82) is 5.41 Å². The molecule has 0 saturated carbocycles. The lowest BCUT2D eigenvalue weighted by Crippen LogP contribution is -2.51. The first-order valence-corrected chi connectivity index (χ1v) is 13.7. The van der Waals surface area contributed by atoms with E-state index in [0.29, 0.717) is 36.0 Å². The van der Waals surface area contributed by atoms with E-state index in [1.165, 1.54) is 27.3 Å². The molecule has 0 aliphatic carbocycles. The van der Waals surface area contributed by atoms with E-state index in [-0.39, 0.29) is 23.4 Å². The molecule has 0 bridgehead atoms. The molecular weight excluding hydrogens is 493 g/mol. The lowest BCUT2D eigenvalue weighted by atomic mass is 9.94. The molecule has 0 spiro atoms. The molecule has 1 aliphatic heterocycles. The van der Waals surface area contributed by atoms with Crippen molar-refractivity contribution in [2.75, 3.05) is 31.5 Å². The summed E-state index contributed by atoms with van der Waals surface area (Å²) in [6.07, 6.45) is 1.28. The third-order valence-electron chi connectivity index (χ3n) is 6.65. The van der Waals surface area contributed by atoms with Gasteiger partial charge in [0.1, 0.15) is 11.5 Å². The Morgan fingerprint density at radius 1 is 1.19 bits per heavy atom. The van der Waals surface area contributed by atoms with Crippen LogP contribution in [-0.2, 0) is 17.1 Å². The van der Waals surface area contributed by atoms with Crippen molar-refractivity contribution in [1.82, 2.24) is 24.2 Å². The van der Waals surface area contributed by atoms with Gasteiger partial charge in [-0.2, -0.15) is 4.31 Å². The van der Waals surface area contributed by atoms with Crippen LogP contribution in [0.5, 0.6) is 0 Å². The summed E-state index contributed by atoms with van der Waals surface area (Å²) in [5, 5.41) is 19.3. The Bertz CT molecular complexity index is 1370. The number of sulfonamides is 1. The maximum Gasteiger partial charge on any atom is 0.262 e. The molecule has 1 aliphatic rings. The molecule has 0 unspecified atom stereocenters. The first kappa shape index (κ1) is 26.9. The van der Waals surface area contributed by atoms with Crippen LogP contribution in [0.25, 0.3) is 0 Å². The predicted octanol–water partition coefficient (Wildman–Crippen LogP) is 4.02. The quantitative estimate of drug-likeness (QED) is 0.429. The molecule has 4 rings (SSSR count). The predicted molar refractivity (Wildman–Crippen MR) is 142 cm³/mol. The fourth-order valence-corrected chi connectivity index (χ4v) is 6.63. The number of nitrogens with one attached hydrogen (secondary N) is 2. The first-order valence-electron chi connectivity index (χ1n) is 12.3. The summed E-state index contributed by atoms with van der Waals surface area (Å²) in [7, 11) is -2.21. The summed E-state index contributed by atoms with van der Waals surface area (Å²) < 4.78 is 43.4. The average Bonchev–Trinajstić information content (AvgIpc) is 3.19. The van der Waals surface area contributed by atoms with Crippen molar-refractivity contribution in [3.05, 3.63) is 64.6 Å². The Labute approximate surface area is 217 Å². The summed E-state index contributed by atoms with van der Waals surface area (Å²) in [6, 6.07) is 9.80. The Hall–Kier alpha value is -3.15. The highest BCUT2D eigenvalue weighted by atomic mass is 32.2. The lowest BCUT2D eigenvalue weighted by molar-refractivity contribution is 0.104. The molecule has 0 amide bonds. The second-order valence-corrected chi connectivity index (χ2v) is 11.8. The highest BCUT2D eigenvalue weighted by Gasteiger charge is 2.38. The summed E-state index contributed by atoms with van der Waals surface area (Å²) >= 11 is 0. The lowest BCUT2D eigenvalue weighted by Gasteiger charge is -2.42. The minimum Gasteiger partial charge on any atom is -0.355 e. The molecule has 2 N–H and O–H groups in total. The molecule has 2 aromatic carbocycles. The minimum atomic E-state index is -3.80. The van der Waals surface area contributed by atoms with Crippen molar-refractivity contribution < 1.29 is 12.8 Å². The van der Waals surface area contributed by atoms with Crippen molar-refractivity contribution in [3.8, 4) is 0 Å². The molecule has 2 heterocycles. The fourth-order valence-electron chi connectivity index (χ4n) is 4.94. The molecule has 37 heavy (non-hydrogen) atoms. The molecular formula is C26H34FN7O2S. The summed E-state index contributed by atoms with van der Waals surface area (Å²) in [5.74, 6) is 0.0830. The van der Waals surface area contributed by atoms with E-state index in [2.05, 4.69) is 34.4 Å². The highest BCUT2D eigenvalue weighted by molar-refractivity contribution is 7.89. The molecule has 198 valence electrons. The van der Waals surface area contributed by atoms with Gasteiger partial charge < -0.3 is 10.7 Å². The van der Waals surface area contributed by atoms with Gasteiger partial charge in [-0.3, -0.25) is 4.90 Å². The van der Waals surface area contributed by atoms with E-state index in [1.807, 2.05) is 19.1 Å². The molecule has 3 aromatic rings. The monoisotopic (exact) mass is 527 g/mol. The number of piperazine rings is 1. The van der Waals surface area contributed by atoms with Crippen LogP contribution >= 0.6 is 0 Å². The summed E-state index contributed by atoms with van der Waals surface area (Å²) in [5.41, 5.74) is 4.45. The second kappa shape index (κ2) is 10.7. The zero-order chi connectivity index (χ0) is 26.9. The van der Waals surface area contributed by atoms with Crippen LogP contribution in [0.1, 0.15) is 42.3 Å². The van der Waals surface area contributed by atoms with Crippen LogP contribution in [0.2, 0.25) is 0 Å². The third-order valence-corrected chi connectivity index (χ3v) is 8.71. The van der Waals surface area contributed by atoms with Crippen LogP contribution < -0.4 is 5.32 Å². The number of nitrogens with zero attached hydrogens (tertiary/aromatic N) is 5. The molecule has 1 atom stereocenters. The van der Waals surface area contributed by atoms with Crippen LogP contribution in [0.3, 0.4) is 0 Å². The van der Waals surface area contributed by atoms with Gasteiger partial charge in [-0.05, 0) is 67.3 Å². The number of aryl methyl sites for hydroxylation is 3. The summed E-state index contributed by atoms with van der Waals surface area (Å²) in [4.78, 5) is 2.33. The van der Waals surface area contributed by atoms with Gasteiger partial charge in [0.2, 0.25) is 0 Å². The number of halogens is 1. The van der Waals surface area contributed by atoms with Gasteiger partial charge in [-0.25, -0.2) is 17.5 Å². The van der Waals surface area contributed by atoms with Gasteiger partial charge in [0, 0.05) is 62.4 Å². The second-order valence-electron chi connectivity index (χ2n) is 9.94. The molecule has 11 heteroatoms. The van der Waals surface area contributed by atoms with Crippen molar-refractivity contribution in [2.24, 2.45) is 13.0 Å². The molecule has 1 fully saturated rings. The number of hydrogen-bond donors (Lipinski definition) is 2. The molecule has 0 radical (unpaired) electrons. The number of anilines is 2. The fraction of sp³-hybridized carbons (Fsp3) is 0.423. The van der Waals surface area contributed by atoms with E-state index in [4.69, 9.17) is 5.41 Å². The SMILES string of the molecule is Cc1cc(Nc2ccc(F)cc2)c(C=N)cc1[C@H]1CN(S(=O)(=O)c2c(C)nnn2C)CCN1CC(C)C. The standard InChI is InChI=1S/C26H34FN7O2S/c1-17(2)15-33-10-11-34(37(35,36)26-19(4)30-31-32(26)5)16-25(33)23-13-20(14-28)24(12-18(23)3)29-22-8-6-21(27)7-9-22/h6-9,12-14,17,25,28-29H,10-11,15-16H2,1-5H3/t25-/m1/s1. The maximum atomic E-state index is 13.6. The van der Waals surface area contributed by atoms with Gasteiger partial charge in [-0.1, -0.05) is 19.1 Å². The van der Waals surface area contributed by atoms with Crippen LogP contribution in [-0.4, -0.2) is 65.0 Å². The largest absolute Gasteiger partial charge is 0.355 e. The van der Waals surface area contributed by atoms with E-state index >= 15 is 0 Å². The zero-order valence-corrected chi connectivity index (χ0v) is 22.7. The van der Waals surface area contributed by atoms with E-state index < -0.39 is 10.0 Å². The van der Waals surface area contributed by atoms with Gasteiger partial charge >= 0.3 is 0 Å². The Morgan fingerprint density at radius 2 is 1.89 bits per heavy atom.